The quantitative estimate of drug-likeness (QED) is 0.264. The molecule has 0 N–H and O–H groups in total. The van der Waals surface area contributed by atoms with Gasteiger partial charge in [-0.2, -0.15) is 5.10 Å². The molecule has 1 unspecified atom stereocenters. The predicted octanol–water partition coefficient (Wildman–Crippen LogP) is 7.04. The number of thioether (sulfide) groups is 2. The second-order valence-electron chi connectivity index (χ2n) is 8.43. The van der Waals surface area contributed by atoms with E-state index in [1.165, 1.54) is 11.8 Å². The maximum absolute atomic E-state index is 14.1. The summed E-state index contributed by atoms with van der Waals surface area (Å²) in [6.45, 7) is 0. The van der Waals surface area contributed by atoms with E-state index in [2.05, 4.69) is 12.1 Å². The Morgan fingerprint density at radius 1 is 0.757 bits per heavy atom. The third kappa shape index (κ3) is 4.30. The largest absolute Gasteiger partial charge is 0.497 e. The topological polar surface area (TPSA) is 45.1 Å². The van der Waals surface area contributed by atoms with Crippen molar-refractivity contribution < 1.29 is 9.53 Å². The molecule has 0 radical (unpaired) electrons. The number of amides is 1. The van der Waals surface area contributed by atoms with E-state index in [1.54, 1.807) is 18.9 Å². The van der Waals surface area contributed by atoms with E-state index in [9.17, 15) is 4.79 Å². The number of hydrogen-bond acceptors (Lipinski definition) is 6. The molecule has 5 nitrogen and oxygen atoms in total. The molecule has 0 bridgehead atoms. The molecule has 182 valence electrons. The van der Waals surface area contributed by atoms with Crippen LogP contribution >= 0.6 is 23.5 Å². The Kier molecular flexibility index (Phi) is 6.24. The van der Waals surface area contributed by atoms with Gasteiger partial charge >= 0.3 is 0 Å². The van der Waals surface area contributed by atoms with Gasteiger partial charge in [0.05, 0.1) is 17.7 Å². The van der Waals surface area contributed by atoms with Crippen molar-refractivity contribution in [3.05, 3.63) is 131 Å². The van der Waals surface area contributed by atoms with E-state index in [-0.39, 0.29) is 5.91 Å². The highest BCUT2D eigenvalue weighted by atomic mass is 32.2. The lowest BCUT2D eigenvalue weighted by Gasteiger charge is -2.38. The minimum Gasteiger partial charge on any atom is -0.497 e. The molecule has 1 fully saturated rings. The van der Waals surface area contributed by atoms with E-state index in [4.69, 9.17) is 9.84 Å². The fraction of sp³-hybridized carbons (Fsp3) is 0.0667. The summed E-state index contributed by atoms with van der Waals surface area (Å²) in [6.07, 6.45) is 1.95. The first-order valence-corrected chi connectivity index (χ1v) is 13.4. The monoisotopic (exact) mass is 521 g/mol. The SMILES string of the molecule is COc1ccc(C=C2SC3(SC(c4ccccc4)=NN3c3ccccc3)N(c3ccccc3)C2=O)cc1. The molecule has 2 aliphatic heterocycles. The Bertz CT molecular complexity index is 1480. The molecule has 2 heterocycles. The van der Waals surface area contributed by atoms with Gasteiger partial charge in [-0.25, -0.2) is 5.01 Å². The van der Waals surface area contributed by atoms with Crippen molar-refractivity contribution in [2.45, 2.75) is 4.33 Å². The molecule has 1 amide bonds. The van der Waals surface area contributed by atoms with Crippen LogP contribution in [0, 0.1) is 0 Å². The first-order valence-electron chi connectivity index (χ1n) is 11.8. The zero-order chi connectivity index (χ0) is 25.2. The minimum atomic E-state index is -0.872. The van der Waals surface area contributed by atoms with Crippen LogP contribution in [-0.2, 0) is 4.79 Å². The van der Waals surface area contributed by atoms with E-state index >= 15 is 0 Å². The lowest BCUT2D eigenvalue weighted by atomic mass is 10.2. The summed E-state index contributed by atoms with van der Waals surface area (Å²) in [6, 6.07) is 37.7. The van der Waals surface area contributed by atoms with Gasteiger partial charge in [-0.15, -0.1) is 0 Å². The number of hydrogen-bond donors (Lipinski definition) is 0. The summed E-state index contributed by atoms with van der Waals surface area (Å²) in [5, 5.41) is 7.93. The molecule has 0 aromatic heterocycles. The van der Waals surface area contributed by atoms with E-state index in [1.807, 2.05) is 119 Å². The van der Waals surface area contributed by atoms with Crippen LogP contribution < -0.4 is 14.6 Å². The summed E-state index contributed by atoms with van der Waals surface area (Å²) in [5.74, 6) is 0.711. The fourth-order valence-electron chi connectivity index (χ4n) is 4.31. The average molecular weight is 522 g/mol. The van der Waals surface area contributed by atoms with Gasteiger partial charge in [0.2, 0.25) is 4.33 Å². The number of rotatable bonds is 5. The first-order chi connectivity index (χ1) is 18.2. The first kappa shape index (κ1) is 23.5. The Hall–Kier alpha value is -3.94. The van der Waals surface area contributed by atoms with Crippen LogP contribution in [0.4, 0.5) is 11.4 Å². The molecular formula is C30H23N3O2S2. The summed E-state index contributed by atoms with van der Waals surface area (Å²) in [5.41, 5.74) is 3.67. The highest BCUT2D eigenvalue weighted by Crippen LogP contribution is 2.59. The summed E-state index contributed by atoms with van der Waals surface area (Å²) < 4.78 is 4.43. The molecule has 6 rings (SSSR count). The number of hydrazone groups is 1. The number of carbonyl (C=O) groups is 1. The smallest absolute Gasteiger partial charge is 0.268 e. The standard InChI is InChI=1S/C30H23N3O2S2/c1-35-26-19-17-22(18-20-26)21-27-29(34)32(24-13-7-3-8-14-24)30(36-27)33(25-15-9-4-10-16-25)31-28(37-30)23-11-5-2-6-12-23/h2-21H,1H3. The van der Waals surface area contributed by atoms with Gasteiger partial charge in [-0.3, -0.25) is 9.69 Å². The third-order valence-electron chi connectivity index (χ3n) is 6.08. The molecule has 4 aromatic rings. The van der Waals surface area contributed by atoms with Crippen LogP contribution in [0.15, 0.2) is 125 Å². The third-order valence-corrected chi connectivity index (χ3v) is 8.84. The molecule has 2 aliphatic rings. The van der Waals surface area contributed by atoms with Crippen LogP contribution in [0.3, 0.4) is 0 Å². The number of para-hydroxylation sites is 2. The van der Waals surface area contributed by atoms with Gasteiger partial charge in [-0.05, 0) is 59.8 Å². The van der Waals surface area contributed by atoms with Crippen molar-refractivity contribution in [2.75, 3.05) is 17.0 Å². The predicted molar refractivity (Wildman–Crippen MR) is 155 cm³/mol. The maximum Gasteiger partial charge on any atom is 0.268 e. The normalized spacial score (nSPS) is 20.1. The van der Waals surface area contributed by atoms with Crippen molar-refractivity contribution in [2.24, 2.45) is 5.10 Å². The Labute approximate surface area is 224 Å². The number of methoxy groups -OCH3 is 1. The van der Waals surface area contributed by atoms with Crippen LogP contribution in [0.5, 0.6) is 5.75 Å². The molecule has 7 heteroatoms. The Morgan fingerprint density at radius 3 is 1.97 bits per heavy atom. The van der Waals surface area contributed by atoms with Gasteiger partial charge < -0.3 is 4.74 Å². The van der Waals surface area contributed by atoms with Crippen molar-refractivity contribution in [3.63, 3.8) is 0 Å². The summed E-state index contributed by atoms with van der Waals surface area (Å²) in [7, 11) is 1.64. The Morgan fingerprint density at radius 2 is 1.35 bits per heavy atom. The summed E-state index contributed by atoms with van der Waals surface area (Å²) in [4.78, 5) is 16.6. The number of nitrogens with zero attached hydrogens (tertiary/aromatic N) is 3. The number of ether oxygens (including phenoxy) is 1. The number of benzene rings is 4. The molecule has 1 saturated heterocycles. The highest BCUT2D eigenvalue weighted by molar-refractivity contribution is 8.28. The van der Waals surface area contributed by atoms with Gasteiger partial charge in [0.15, 0.2) is 0 Å². The summed E-state index contributed by atoms with van der Waals surface area (Å²) >= 11 is 3.11. The highest BCUT2D eigenvalue weighted by Gasteiger charge is 2.59. The van der Waals surface area contributed by atoms with Crippen LogP contribution in [-0.4, -0.2) is 22.4 Å². The van der Waals surface area contributed by atoms with Crippen molar-refractivity contribution in [3.8, 4) is 5.75 Å². The van der Waals surface area contributed by atoms with Crippen molar-refractivity contribution in [1.29, 1.82) is 0 Å². The second kappa shape index (κ2) is 9.84. The second-order valence-corrected chi connectivity index (χ2v) is 11.1. The van der Waals surface area contributed by atoms with Crippen LogP contribution in [0.25, 0.3) is 6.08 Å². The van der Waals surface area contributed by atoms with Crippen LogP contribution in [0.2, 0.25) is 0 Å². The van der Waals surface area contributed by atoms with E-state index < -0.39 is 4.33 Å². The van der Waals surface area contributed by atoms with Crippen LogP contribution in [0.1, 0.15) is 11.1 Å². The molecule has 37 heavy (non-hydrogen) atoms. The molecule has 0 saturated carbocycles. The number of carbonyl (C=O) groups excluding carboxylic acids is 1. The zero-order valence-electron chi connectivity index (χ0n) is 20.0. The van der Waals surface area contributed by atoms with Crippen molar-refractivity contribution in [1.82, 2.24) is 0 Å². The molecule has 1 atom stereocenters. The zero-order valence-corrected chi connectivity index (χ0v) is 21.7. The minimum absolute atomic E-state index is 0.0649. The van der Waals surface area contributed by atoms with Gasteiger partial charge in [-0.1, -0.05) is 90.6 Å². The van der Waals surface area contributed by atoms with Crippen molar-refractivity contribution >= 4 is 51.9 Å². The molecule has 1 spiro atoms. The van der Waals surface area contributed by atoms with Gasteiger partial charge in [0.1, 0.15) is 10.8 Å². The lowest BCUT2D eigenvalue weighted by molar-refractivity contribution is -0.114. The van der Waals surface area contributed by atoms with E-state index in [0.717, 1.165) is 33.3 Å². The molecule has 0 aliphatic carbocycles. The lowest BCUT2D eigenvalue weighted by Crippen LogP contribution is -2.51. The Balaban J connectivity index is 1.50. The van der Waals surface area contributed by atoms with Gasteiger partial charge in [0, 0.05) is 11.3 Å². The fourth-order valence-corrected chi connectivity index (χ4v) is 7.29. The maximum atomic E-state index is 14.1. The molecule has 4 aromatic carbocycles. The average Bonchev–Trinajstić information content (AvgIpc) is 3.47. The number of anilines is 2. The van der Waals surface area contributed by atoms with Gasteiger partial charge in [0.25, 0.3) is 5.91 Å². The van der Waals surface area contributed by atoms with E-state index in [0.29, 0.717) is 4.91 Å². The molecular weight excluding hydrogens is 498 g/mol.